The third kappa shape index (κ3) is 2.78. The van der Waals surface area contributed by atoms with E-state index in [9.17, 15) is 9.90 Å². The van der Waals surface area contributed by atoms with Crippen molar-refractivity contribution in [1.82, 2.24) is 0 Å². The summed E-state index contributed by atoms with van der Waals surface area (Å²) < 4.78 is 0. The second-order valence-corrected chi connectivity index (χ2v) is 4.87. The molecule has 1 saturated carbocycles. The Balaban J connectivity index is 1.98. The Morgan fingerprint density at radius 3 is 2.53 bits per heavy atom. The normalized spacial score (nSPS) is 24.3. The summed E-state index contributed by atoms with van der Waals surface area (Å²) >= 11 is 0. The average Bonchev–Trinajstić information content (AvgIpc) is 3.07. The molecular formula is C14H18O3. The first-order valence-electron chi connectivity index (χ1n) is 6.13. The van der Waals surface area contributed by atoms with Gasteiger partial charge in [0.2, 0.25) is 0 Å². The molecule has 0 aliphatic heterocycles. The predicted octanol–water partition coefficient (Wildman–Crippen LogP) is 3.00. The number of phenolic OH excluding ortho intramolecular Hbond substituents is 1. The lowest BCUT2D eigenvalue weighted by Crippen LogP contribution is -2.03. The lowest BCUT2D eigenvalue weighted by Gasteiger charge is -2.15. The van der Waals surface area contributed by atoms with E-state index in [2.05, 4.69) is 6.92 Å². The summed E-state index contributed by atoms with van der Waals surface area (Å²) in [6.07, 6.45) is 2.77. The van der Waals surface area contributed by atoms with Gasteiger partial charge in [0, 0.05) is 0 Å². The molecule has 3 nitrogen and oxygen atoms in total. The number of benzene rings is 1. The van der Waals surface area contributed by atoms with E-state index in [1.165, 1.54) is 5.56 Å². The van der Waals surface area contributed by atoms with Crippen LogP contribution < -0.4 is 0 Å². The highest BCUT2D eigenvalue weighted by Gasteiger charge is 2.43. The monoisotopic (exact) mass is 234 g/mol. The van der Waals surface area contributed by atoms with Crippen molar-refractivity contribution in [2.45, 2.75) is 32.1 Å². The summed E-state index contributed by atoms with van der Waals surface area (Å²) in [4.78, 5) is 10.8. The number of rotatable bonds is 5. The van der Waals surface area contributed by atoms with Crippen LogP contribution >= 0.6 is 0 Å². The first-order chi connectivity index (χ1) is 8.11. The molecule has 1 aliphatic carbocycles. The third-order valence-electron chi connectivity index (χ3n) is 3.68. The zero-order valence-corrected chi connectivity index (χ0v) is 9.97. The van der Waals surface area contributed by atoms with Gasteiger partial charge in [-0.05, 0) is 48.8 Å². The molecule has 1 aliphatic rings. The van der Waals surface area contributed by atoms with Crippen molar-refractivity contribution in [1.29, 1.82) is 0 Å². The Kier molecular flexibility index (Phi) is 3.36. The van der Waals surface area contributed by atoms with Gasteiger partial charge < -0.3 is 10.2 Å². The van der Waals surface area contributed by atoms with E-state index < -0.39 is 5.97 Å². The number of carboxylic acid groups (broad SMARTS) is 1. The summed E-state index contributed by atoms with van der Waals surface area (Å²) in [5.74, 6) is 0.242. The van der Waals surface area contributed by atoms with Crippen molar-refractivity contribution >= 4 is 5.97 Å². The number of hydrogen-bond acceptors (Lipinski definition) is 2. The lowest BCUT2D eigenvalue weighted by molar-refractivity contribution is -0.138. The number of hydrogen-bond donors (Lipinski definition) is 2. The van der Waals surface area contributed by atoms with Crippen LogP contribution in [0.15, 0.2) is 24.3 Å². The smallest absolute Gasteiger partial charge is 0.306 e. The first kappa shape index (κ1) is 12.0. The second-order valence-electron chi connectivity index (χ2n) is 4.87. The summed E-state index contributed by atoms with van der Waals surface area (Å²) in [5, 5.41) is 18.1. The molecule has 92 valence electrons. The molecule has 0 aromatic heterocycles. The molecule has 1 aromatic carbocycles. The SMILES string of the molecule is CCC(CC1CC1C(=O)O)c1ccc(O)cc1. The Morgan fingerprint density at radius 1 is 1.41 bits per heavy atom. The van der Waals surface area contributed by atoms with Crippen molar-refractivity contribution in [2.75, 3.05) is 0 Å². The van der Waals surface area contributed by atoms with E-state index in [1.54, 1.807) is 12.1 Å². The van der Waals surface area contributed by atoms with Gasteiger partial charge in [-0.15, -0.1) is 0 Å². The van der Waals surface area contributed by atoms with Gasteiger partial charge in [0.15, 0.2) is 0 Å². The first-order valence-corrected chi connectivity index (χ1v) is 6.13. The summed E-state index contributed by atoms with van der Waals surface area (Å²) in [7, 11) is 0. The van der Waals surface area contributed by atoms with Crippen LogP contribution in [0.5, 0.6) is 5.75 Å². The van der Waals surface area contributed by atoms with Crippen LogP contribution in [0, 0.1) is 11.8 Å². The molecule has 2 rings (SSSR count). The fraction of sp³-hybridized carbons (Fsp3) is 0.500. The Bertz CT molecular complexity index is 396. The van der Waals surface area contributed by atoms with Crippen LogP contribution in [0.4, 0.5) is 0 Å². The Hall–Kier alpha value is -1.51. The minimum absolute atomic E-state index is 0.124. The van der Waals surface area contributed by atoms with Crippen LogP contribution in [-0.4, -0.2) is 16.2 Å². The van der Waals surface area contributed by atoms with E-state index in [0.29, 0.717) is 11.8 Å². The van der Waals surface area contributed by atoms with Gasteiger partial charge in [-0.3, -0.25) is 4.79 Å². The molecule has 0 bridgehead atoms. The van der Waals surface area contributed by atoms with Crippen LogP contribution in [0.25, 0.3) is 0 Å². The molecular weight excluding hydrogens is 216 g/mol. The van der Waals surface area contributed by atoms with E-state index in [0.717, 1.165) is 19.3 Å². The predicted molar refractivity (Wildman–Crippen MR) is 65.0 cm³/mol. The molecule has 3 atom stereocenters. The largest absolute Gasteiger partial charge is 0.508 e. The van der Waals surface area contributed by atoms with Gasteiger partial charge in [-0.1, -0.05) is 19.1 Å². The zero-order chi connectivity index (χ0) is 12.4. The number of aromatic hydroxyl groups is 1. The van der Waals surface area contributed by atoms with Gasteiger partial charge in [0.05, 0.1) is 5.92 Å². The van der Waals surface area contributed by atoms with Gasteiger partial charge in [0.1, 0.15) is 5.75 Å². The summed E-state index contributed by atoms with van der Waals surface area (Å²) in [6.45, 7) is 2.12. The highest BCUT2D eigenvalue weighted by atomic mass is 16.4. The minimum atomic E-state index is -0.657. The highest BCUT2D eigenvalue weighted by Crippen LogP contribution is 2.46. The number of carbonyl (C=O) groups is 1. The van der Waals surface area contributed by atoms with Crippen LogP contribution in [-0.2, 0) is 4.79 Å². The van der Waals surface area contributed by atoms with Crippen molar-refractivity contribution < 1.29 is 15.0 Å². The van der Waals surface area contributed by atoms with Crippen LogP contribution in [0.1, 0.15) is 37.7 Å². The molecule has 3 heteroatoms. The molecule has 0 spiro atoms. The fourth-order valence-electron chi connectivity index (χ4n) is 2.46. The zero-order valence-electron chi connectivity index (χ0n) is 9.97. The van der Waals surface area contributed by atoms with Crippen LogP contribution in [0.2, 0.25) is 0 Å². The minimum Gasteiger partial charge on any atom is -0.508 e. The van der Waals surface area contributed by atoms with Gasteiger partial charge in [-0.25, -0.2) is 0 Å². The Labute approximate surface area is 101 Å². The number of carboxylic acids is 1. The van der Waals surface area contributed by atoms with E-state index >= 15 is 0 Å². The second kappa shape index (κ2) is 4.78. The maximum Gasteiger partial charge on any atom is 0.306 e. The quantitative estimate of drug-likeness (QED) is 0.823. The molecule has 1 aromatic rings. The van der Waals surface area contributed by atoms with E-state index in [-0.39, 0.29) is 11.7 Å². The molecule has 0 saturated heterocycles. The molecule has 17 heavy (non-hydrogen) atoms. The summed E-state index contributed by atoms with van der Waals surface area (Å²) in [6, 6.07) is 7.25. The molecule has 0 heterocycles. The molecule has 2 N–H and O–H groups in total. The molecule has 3 unspecified atom stereocenters. The molecule has 1 fully saturated rings. The number of aliphatic carboxylic acids is 1. The van der Waals surface area contributed by atoms with E-state index in [4.69, 9.17) is 5.11 Å². The summed E-state index contributed by atoms with van der Waals surface area (Å²) in [5.41, 5.74) is 1.20. The maximum atomic E-state index is 10.8. The highest BCUT2D eigenvalue weighted by molar-refractivity contribution is 5.73. The van der Waals surface area contributed by atoms with Gasteiger partial charge in [0.25, 0.3) is 0 Å². The average molecular weight is 234 g/mol. The van der Waals surface area contributed by atoms with Crippen LogP contribution in [0.3, 0.4) is 0 Å². The maximum absolute atomic E-state index is 10.8. The van der Waals surface area contributed by atoms with Gasteiger partial charge in [-0.2, -0.15) is 0 Å². The molecule has 0 amide bonds. The fourth-order valence-corrected chi connectivity index (χ4v) is 2.46. The van der Waals surface area contributed by atoms with Crippen molar-refractivity contribution in [3.05, 3.63) is 29.8 Å². The van der Waals surface area contributed by atoms with Crippen molar-refractivity contribution in [3.8, 4) is 5.75 Å². The van der Waals surface area contributed by atoms with Gasteiger partial charge >= 0.3 is 5.97 Å². The standard InChI is InChI=1S/C14H18O3/c1-2-9(7-11-8-13(11)14(16)17)10-3-5-12(15)6-4-10/h3-6,9,11,13,15H,2,7-8H2,1H3,(H,16,17). The topological polar surface area (TPSA) is 57.5 Å². The molecule has 0 radical (unpaired) electrons. The van der Waals surface area contributed by atoms with Crippen molar-refractivity contribution in [2.24, 2.45) is 11.8 Å². The lowest BCUT2D eigenvalue weighted by atomic mass is 9.90. The van der Waals surface area contributed by atoms with Crippen molar-refractivity contribution in [3.63, 3.8) is 0 Å². The van der Waals surface area contributed by atoms with E-state index in [1.807, 2.05) is 12.1 Å². The third-order valence-corrected chi connectivity index (χ3v) is 3.68. The number of phenols is 1. The Morgan fingerprint density at radius 2 is 2.06 bits per heavy atom.